The highest BCUT2D eigenvalue weighted by Gasteiger charge is 2.43. The maximum Gasteiger partial charge on any atom is 0.344 e. The lowest BCUT2D eigenvalue weighted by atomic mass is 9.84. The Hall–Kier alpha value is -2.05. The quantitative estimate of drug-likeness (QED) is 0.855. The van der Waals surface area contributed by atoms with E-state index in [0.29, 0.717) is 5.82 Å². The number of nitrogens with zero attached hydrogens (tertiary/aromatic N) is 4. The Bertz CT molecular complexity index is 841. The molecular weight excluding hydrogens is 362 g/mol. The summed E-state index contributed by atoms with van der Waals surface area (Å²) in [6, 6.07) is 7.87. The second-order valence-corrected chi connectivity index (χ2v) is 8.19. The molecule has 0 atom stereocenters. The molecule has 7 heteroatoms. The number of hydrogen-bond acceptors (Lipinski definition) is 4. The van der Waals surface area contributed by atoms with Crippen molar-refractivity contribution < 1.29 is 4.79 Å². The fourth-order valence-electron chi connectivity index (χ4n) is 4.54. The molecule has 2 aliphatic heterocycles. The Kier molecular flexibility index (Phi) is 4.86. The van der Waals surface area contributed by atoms with E-state index in [2.05, 4.69) is 29.1 Å². The average Bonchev–Trinajstić information content (AvgIpc) is 3.25. The number of anilines is 1. The van der Waals surface area contributed by atoms with E-state index < -0.39 is 0 Å². The smallest absolute Gasteiger partial charge is 0.344 e. The molecule has 2 aromatic rings. The zero-order valence-electron chi connectivity index (χ0n) is 15.7. The van der Waals surface area contributed by atoms with Crippen molar-refractivity contribution in [3.05, 3.63) is 46.6 Å². The van der Waals surface area contributed by atoms with Crippen LogP contribution in [0.3, 0.4) is 0 Å². The molecule has 2 saturated heterocycles. The predicted molar refractivity (Wildman–Crippen MR) is 107 cm³/mol. The molecule has 27 heavy (non-hydrogen) atoms. The second-order valence-electron chi connectivity index (χ2n) is 7.79. The van der Waals surface area contributed by atoms with Gasteiger partial charge in [0.1, 0.15) is 5.82 Å². The molecule has 0 bridgehead atoms. The Balaban J connectivity index is 1.43. The van der Waals surface area contributed by atoms with Gasteiger partial charge in [0.05, 0.1) is 0 Å². The zero-order chi connectivity index (χ0) is 19.0. The van der Waals surface area contributed by atoms with Gasteiger partial charge in [-0.3, -0.25) is 4.90 Å². The highest BCUT2D eigenvalue weighted by atomic mass is 35.5. The van der Waals surface area contributed by atoms with Crippen molar-refractivity contribution in [1.82, 2.24) is 19.6 Å². The molecule has 2 aliphatic rings. The third-order valence-electron chi connectivity index (χ3n) is 6.11. The van der Waals surface area contributed by atoms with Crippen molar-refractivity contribution in [2.75, 3.05) is 25.4 Å². The molecule has 1 amide bonds. The first-order valence-corrected chi connectivity index (χ1v) is 9.95. The lowest BCUT2D eigenvalue weighted by molar-refractivity contribution is 0.0585. The molecule has 3 heterocycles. The fourth-order valence-corrected chi connectivity index (χ4v) is 4.65. The number of carbonyl (C=O) groups is 1. The van der Waals surface area contributed by atoms with E-state index in [4.69, 9.17) is 17.3 Å². The van der Waals surface area contributed by atoms with Crippen LogP contribution in [0.4, 0.5) is 10.6 Å². The van der Waals surface area contributed by atoms with E-state index in [0.717, 1.165) is 49.6 Å². The van der Waals surface area contributed by atoms with Gasteiger partial charge in [-0.05, 0) is 56.3 Å². The zero-order valence-corrected chi connectivity index (χ0v) is 16.5. The highest BCUT2D eigenvalue weighted by Crippen LogP contribution is 2.39. The van der Waals surface area contributed by atoms with Crippen LogP contribution in [-0.4, -0.2) is 50.8 Å². The molecule has 6 nitrogen and oxygen atoms in total. The second kappa shape index (κ2) is 7.17. The Morgan fingerprint density at radius 2 is 2.00 bits per heavy atom. The van der Waals surface area contributed by atoms with Crippen LogP contribution < -0.4 is 5.73 Å². The van der Waals surface area contributed by atoms with Crippen LogP contribution in [0.5, 0.6) is 0 Å². The summed E-state index contributed by atoms with van der Waals surface area (Å²) >= 11 is 6.17. The van der Waals surface area contributed by atoms with Gasteiger partial charge in [-0.15, -0.1) is 5.10 Å². The van der Waals surface area contributed by atoms with E-state index in [1.165, 1.54) is 23.1 Å². The number of carbonyl (C=O) groups excluding carboxylic acids is 1. The van der Waals surface area contributed by atoms with Crippen LogP contribution in [0.15, 0.2) is 30.5 Å². The minimum absolute atomic E-state index is 0.0839. The van der Waals surface area contributed by atoms with Crippen LogP contribution >= 0.6 is 11.6 Å². The number of likely N-dealkylation sites (tertiary alicyclic amines) is 2. The van der Waals surface area contributed by atoms with Gasteiger partial charge >= 0.3 is 6.03 Å². The van der Waals surface area contributed by atoms with E-state index in [1.807, 2.05) is 11.0 Å². The highest BCUT2D eigenvalue weighted by molar-refractivity contribution is 6.31. The molecule has 0 saturated carbocycles. The van der Waals surface area contributed by atoms with Gasteiger partial charge < -0.3 is 10.6 Å². The standard InChI is InChI=1S/C20H26ClN5O/c1-15-13-16(3-4-17(15)21)14-25-9-2-6-20(25)7-11-24(12-8-20)19(27)26-10-5-18(22)23-26/h3-5,10,13H,2,6-9,11-12,14H2,1H3,(H2,22,23). The molecule has 0 radical (unpaired) electrons. The van der Waals surface area contributed by atoms with Crippen molar-refractivity contribution in [2.24, 2.45) is 0 Å². The summed E-state index contributed by atoms with van der Waals surface area (Å²) in [5.41, 5.74) is 8.27. The Morgan fingerprint density at radius 3 is 2.67 bits per heavy atom. The van der Waals surface area contributed by atoms with Crippen molar-refractivity contribution in [2.45, 2.75) is 44.7 Å². The summed E-state index contributed by atoms with van der Waals surface area (Å²) in [5.74, 6) is 0.372. The van der Waals surface area contributed by atoms with Crippen molar-refractivity contribution in [1.29, 1.82) is 0 Å². The summed E-state index contributed by atoms with van der Waals surface area (Å²) in [7, 11) is 0. The molecule has 2 N–H and O–H groups in total. The normalized spacial score (nSPS) is 19.7. The molecular formula is C20H26ClN5O. The number of nitrogens with two attached hydrogens (primary N) is 1. The van der Waals surface area contributed by atoms with Gasteiger partial charge in [0, 0.05) is 42.5 Å². The van der Waals surface area contributed by atoms with Gasteiger partial charge in [0.15, 0.2) is 0 Å². The molecule has 2 fully saturated rings. The molecule has 0 aliphatic carbocycles. The maximum atomic E-state index is 12.6. The number of piperidine rings is 1. The van der Waals surface area contributed by atoms with Crippen molar-refractivity contribution in [3.63, 3.8) is 0 Å². The lowest BCUT2D eigenvalue weighted by Gasteiger charge is -2.45. The first-order valence-electron chi connectivity index (χ1n) is 9.57. The number of hydrogen-bond donors (Lipinski definition) is 1. The maximum absolute atomic E-state index is 12.6. The van der Waals surface area contributed by atoms with Gasteiger partial charge in [0.2, 0.25) is 0 Å². The monoisotopic (exact) mass is 387 g/mol. The largest absolute Gasteiger partial charge is 0.382 e. The van der Waals surface area contributed by atoms with Crippen LogP contribution in [0, 0.1) is 6.92 Å². The van der Waals surface area contributed by atoms with Gasteiger partial charge in [-0.25, -0.2) is 4.79 Å². The predicted octanol–water partition coefficient (Wildman–Crippen LogP) is 3.53. The molecule has 0 unspecified atom stereocenters. The SMILES string of the molecule is Cc1cc(CN2CCCC23CCN(C(=O)n2ccc(N)n2)CC3)ccc1Cl. The minimum Gasteiger partial charge on any atom is -0.382 e. The number of rotatable bonds is 2. The number of aromatic nitrogens is 2. The summed E-state index contributed by atoms with van der Waals surface area (Å²) < 4.78 is 1.34. The Morgan fingerprint density at radius 1 is 1.22 bits per heavy atom. The summed E-state index contributed by atoms with van der Waals surface area (Å²) in [6.45, 7) is 5.63. The number of halogens is 1. The van der Waals surface area contributed by atoms with E-state index in [1.54, 1.807) is 12.3 Å². The van der Waals surface area contributed by atoms with Crippen molar-refractivity contribution >= 4 is 23.4 Å². The first-order chi connectivity index (χ1) is 13.0. The Labute approximate surface area is 164 Å². The van der Waals surface area contributed by atoms with Crippen molar-refractivity contribution in [3.8, 4) is 0 Å². The molecule has 1 aromatic carbocycles. The third kappa shape index (κ3) is 3.56. The number of nitrogen functional groups attached to an aromatic ring is 1. The van der Waals surface area contributed by atoms with E-state index >= 15 is 0 Å². The van der Waals surface area contributed by atoms with E-state index in [-0.39, 0.29) is 11.6 Å². The average molecular weight is 388 g/mol. The number of amides is 1. The minimum atomic E-state index is -0.0839. The molecule has 4 rings (SSSR count). The third-order valence-corrected chi connectivity index (χ3v) is 6.53. The number of aryl methyl sites for hydroxylation is 1. The molecule has 1 aromatic heterocycles. The molecule has 144 valence electrons. The summed E-state index contributed by atoms with van der Waals surface area (Å²) in [4.78, 5) is 17.1. The van der Waals surface area contributed by atoms with Crippen LogP contribution in [-0.2, 0) is 6.54 Å². The fraction of sp³-hybridized carbons (Fsp3) is 0.500. The number of benzene rings is 1. The van der Waals surface area contributed by atoms with Crippen LogP contribution in [0.25, 0.3) is 0 Å². The summed E-state index contributed by atoms with van der Waals surface area (Å²) in [5, 5.41) is 4.86. The van der Waals surface area contributed by atoms with Gasteiger partial charge in [0.25, 0.3) is 0 Å². The topological polar surface area (TPSA) is 67.4 Å². The van der Waals surface area contributed by atoms with Crippen LogP contribution in [0.1, 0.15) is 36.8 Å². The molecule has 1 spiro atoms. The first kappa shape index (κ1) is 18.3. The summed E-state index contributed by atoms with van der Waals surface area (Å²) in [6.07, 6.45) is 6.06. The van der Waals surface area contributed by atoms with Gasteiger partial charge in [-0.1, -0.05) is 23.7 Å². The van der Waals surface area contributed by atoms with E-state index in [9.17, 15) is 4.79 Å². The van der Waals surface area contributed by atoms with Gasteiger partial charge in [-0.2, -0.15) is 4.68 Å². The lowest BCUT2D eigenvalue weighted by Crippen LogP contribution is -2.53. The van der Waals surface area contributed by atoms with Crippen LogP contribution in [0.2, 0.25) is 5.02 Å².